The van der Waals surface area contributed by atoms with Gasteiger partial charge in [-0.25, -0.2) is 4.98 Å². The molecule has 3 rings (SSSR count). The molecule has 6 nitrogen and oxygen atoms in total. The van der Waals surface area contributed by atoms with Gasteiger partial charge in [0, 0.05) is 25.3 Å². The molecule has 0 atom stereocenters. The maximum atomic E-state index is 13.4. The van der Waals surface area contributed by atoms with Crippen molar-refractivity contribution in [3.05, 3.63) is 64.7 Å². The number of amides is 1. The Morgan fingerprint density at radius 1 is 1.19 bits per heavy atom. The Hall–Kier alpha value is -3.40. The van der Waals surface area contributed by atoms with Gasteiger partial charge in [-0.15, -0.1) is 0 Å². The van der Waals surface area contributed by atoms with Gasteiger partial charge < -0.3 is 15.1 Å². The van der Waals surface area contributed by atoms with Gasteiger partial charge in [-0.05, 0) is 23.3 Å². The number of hydrogen-bond donors (Lipinski definition) is 1. The molecule has 1 amide bonds. The second kappa shape index (κ2) is 9.17. The molecule has 2 aromatic carbocycles. The van der Waals surface area contributed by atoms with Gasteiger partial charge in [0.15, 0.2) is 10.8 Å². The van der Waals surface area contributed by atoms with Crippen molar-refractivity contribution in [3.8, 4) is 11.1 Å². The van der Waals surface area contributed by atoms with Crippen LogP contribution in [0.5, 0.6) is 0 Å². The highest BCUT2D eigenvalue weighted by Crippen LogP contribution is 2.38. The number of halogens is 3. The lowest BCUT2D eigenvalue weighted by molar-refractivity contribution is -0.140. The SMILES string of the molecule is CON=Cc1cccc(-c2ccccc2NC(=O)c2sc(N(C)C)nc2C(F)(F)F)c1. The Morgan fingerprint density at radius 2 is 1.94 bits per heavy atom. The Balaban J connectivity index is 1.97. The number of thiazole rings is 1. The lowest BCUT2D eigenvalue weighted by atomic mass is 10.0. The quantitative estimate of drug-likeness (QED) is 0.420. The molecule has 31 heavy (non-hydrogen) atoms. The number of para-hydroxylation sites is 1. The largest absolute Gasteiger partial charge is 0.435 e. The first kappa shape index (κ1) is 22.3. The van der Waals surface area contributed by atoms with Crippen LogP contribution in [-0.2, 0) is 11.0 Å². The van der Waals surface area contributed by atoms with Crippen molar-refractivity contribution in [2.75, 3.05) is 31.4 Å². The van der Waals surface area contributed by atoms with Crippen molar-refractivity contribution in [1.29, 1.82) is 0 Å². The summed E-state index contributed by atoms with van der Waals surface area (Å²) >= 11 is 0.687. The van der Waals surface area contributed by atoms with E-state index in [1.807, 2.05) is 18.2 Å². The van der Waals surface area contributed by atoms with Crippen LogP contribution < -0.4 is 10.2 Å². The van der Waals surface area contributed by atoms with E-state index in [1.165, 1.54) is 18.2 Å². The minimum Gasteiger partial charge on any atom is -0.399 e. The van der Waals surface area contributed by atoms with Gasteiger partial charge in [-0.3, -0.25) is 4.79 Å². The van der Waals surface area contributed by atoms with E-state index in [9.17, 15) is 18.0 Å². The fourth-order valence-electron chi connectivity index (χ4n) is 2.77. The van der Waals surface area contributed by atoms with Crippen molar-refractivity contribution in [1.82, 2.24) is 4.98 Å². The zero-order valence-electron chi connectivity index (χ0n) is 16.9. The van der Waals surface area contributed by atoms with Crippen molar-refractivity contribution in [2.24, 2.45) is 5.16 Å². The van der Waals surface area contributed by atoms with Crippen LogP contribution in [0.2, 0.25) is 0 Å². The molecule has 0 saturated carbocycles. The van der Waals surface area contributed by atoms with Gasteiger partial charge in [0.2, 0.25) is 0 Å². The first-order chi connectivity index (χ1) is 14.7. The highest BCUT2D eigenvalue weighted by molar-refractivity contribution is 7.17. The van der Waals surface area contributed by atoms with Crippen molar-refractivity contribution < 1.29 is 22.8 Å². The van der Waals surface area contributed by atoms with Crippen molar-refractivity contribution in [2.45, 2.75) is 6.18 Å². The summed E-state index contributed by atoms with van der Waals surface area (Å²) in [6.07, 6.45) is -3.22. The lowest BCUT2D eigenvalue weighted by Crippen LogP contribution is -2.17. The van der Waals surface area contributed by atoms with Gasteiger partial charge in [0.25, 0.3) is 5.91 Å². The van der Waals surface area contributed by atoms with E-state index < -0.39 is 22.7 Å². The molecule has 0 radical (unpaired) electrons. The summed E-state index contributed by atoms with van der Waals surface area (Å²) in [6.45, 7) is 0. The molecule has 0 spiro atoms. The number of carbonyl (C=O) groups excluding carboxylic acids is 1. The van der Waals surface area contributed by atoms with Crippen molar-refractivity contribution in [3.63, 3.8) is 0 Å². The number of oxime groups is 1. The van der Waals surface area contributed by atoms with Crippen LogP contribution in [0.3, 0.4) is 0 Å². The van der Waals surface area contributed by atoms with Gasteiger partial charge in [-0.1, -0.05) is 52.9 Å². The number of aromatic nitrogens is 1. The second-order valence-electron chi connectivity index (χ2n) is 6.61. The van der Waals surface area contributed by atoms with Gasteiger partial charge >= 0.3 is 6.18 Å². The smallest absolute Gasteiger partial charge is 0.399 e. The highest BCUT2D eigenvalue weighted by atomic mass is 32.1. The van der Waals surface area contributed by atoms with E-state index in [2.05, 4.69) is 20.3 Å². The number of hydrogen-bond acceptors (Lipinski definition) is 6. The predicted octanol–water partition coefficient (Wildman–Crippen LogP) is 5.13. The zero-order chi connectivity index (χ0) is 22.6. The molecule has 3 aromatic rings. The zero-order valence-corrected chi connectivity index (χ0v) is 17.7. The molecule has 162 valence electrons. The molecular weight excluding hydrogens is 429 g/mol. The Kier molecular flexibility index (Phi) is 6.59. The molecule has 0 aliphatic heterocycles. The molecule has 1 aromatic heterocycles. The average Bonchev–Trinajstić information content (AvgIpc) is 3.20. The topological polar surface area (TPSA) is 66.8 Å². The molecule has 0 saturated heterocycles. The fourth-order valence-corrected chi connectivity index (χ4v) is 3.67. The van der Waals surface area contributed by atoms with Crippen molar-refractivity contribution >= 4 is 34.3 Å². The van der Waals surface area contributed by atoms with Gasteiger partial charge in [0.1, 0.15) is 12.0 Å². The summed E-state index contributed by atoms with van der Waals surface area (Å²) in [6, 6.07) is 14.1. The third-order valence-electron chi connectivity index (χ3n) is 4.15. The minimum atomic E-state index is -4.74. The molecule has 0 aliphatic rings. The Labute approximate surface area is 181 Å². The van der Waals surface area contributed by atoms with Gasteiger partial charge in [-0.2, -0.15) is 13.2 Å². The van der Waals surface area contributed by atoms with Crippen LogP contribution >= 0.6 is 11.3 Å². The summed E-state index contributed by atoms with van der Waals surface area (Å²) in [7, 11) is 4.56. The van der Waals surface area contributed by atoms with Crippen LogP contribution in [0.25, 0.3) is 11.1 Å². The maximum Gasteiger partial charge on any atom is 0.435 e. The van der Waals surface area contributed by atoms with Crippen LogP contribution in [0, 0.1) is 0 Å². The third-order valence-corrected chi connectivity index (χ3v) is 5.38. The molecule has 10 heteroatoms. The van der Waals surface area contributed by atoms with Crippen LogP contribution in [0.15, 0.2) is 53.7 Å². The minimum absolute atomic E-state index is 0.0934. The molecule has 0 unspecified atom stereocenters. The summed E-state index contributed by atoms with van der Waals surface area (Å²) in [4.78, 5) is 22.0. The third kappa shape index (κ3) is 5.21. The molecule has 1 N–H and O–H groups in total. The first-order valence-electron chi connectivity index (χ1n) is 9.03. The van der Waals surface area contributed by atoms with Crippen LogP contribution in [-0.4, -0.2) is 38.3 Å². The molecule has 1 heterocycles. The Morgan fingerprint density at radius 3 is 2.61 bits per heavy atom. The lowest BCUT2D eigenvalue weighted by Gasteiger charge is -2.12. The predicted molar refractivity (Wildman–Crippen MR) is 116 cm³/mol. The average molecular weight is 448 g/mol. The number of rotatable bonds is 6. The number of anilines is 2. The second-order valence-corrected chi connectivity index (χ2v) is 7.59. The normalized spacial score (nSPS) is 11.5. The van der Waals surface area contributed by atoms with E-state index in [4.69, 9.17) is 0 Å². The summed E-state index contributed by atoms with van der Waals surface area (Å²) < 4.78 is 40.3. The van der Waals surface area contributed by atoms with Crippen LogP contribution in [0.4, 0.5) is 24.0 Å². The summed E-state index contributed by atoms with van der Waals surface area (Å²) in [5.41, 5.74) is 1.34. The number of benzene rings is 2. The molecule has 0 fully saturated rings. The van der Waals surface area contributed by atoms with E-state index in [0.717, 1.165) is 11.1 Å². The highest BCUT2D eigenvalue weighted by Gasteiger charge is 2.40. The molecule has 0 bridgehead atoms. The molecular formula is C21H19F3N4O2S. The molecule has 0 aliphatic carbocycles. The van der Waals surface area contributed by atoms with E-state index in [-0.39, 0.29) is 5.13 Å². The monoisotopic (exact) mass is 448 g/mol. The van der Waals surface area contributed by atoms with Gasteiger partial charge in [0.05, 0.1) is 6.21 Å². The number of carbonyl (C=O) groups is 1. The van der Waals surface area contributed by atoms with E-state index >= 15 is 0 Å². The van der Waals surface area contributed by atoms with Crippen LogP contribution in [0.1, 0.15) is 20.9 Å². The Bertz CT molecular complexity index is 1110. The summed E-state index contributed by atoms with van der Waals surface area (Å²) in [5.74, 6) is -0.873. The van der Waals surface area contributed by atoms with E-state index in [1.54, 1.807) is 44.4 Å². The van der Waals surface area contributed by atoms with E-state index in [0.29, 0.717) is 22.6 Å². The summed E-state index contributed by atoms with van der Waals surface area (Å²) in [5, 5.41) is 6.43. The number of nitrogens with zero attached hydrogens (tertiary/aromatic N) is 3. The first-order valence-corrected chi connectivity index (χ1v) is 9.85. The number of nitrogens with one attached hydrogen (secondary N) is 1. The fraction of sp³-hybridized carbons (Fsp3) is 0.190. The maximum absolute atomic E-state index is 13.4. The standard InChI is InChI=1S/C21H19F3N4O2S/c1-28(2)20-27-18(21(22,23)24)17(31-20)19(29)26-16-10-5-4-9-15(16)14-8-6-7-13(11-14)12-25-30-3/h4-12H,1-3H3,(H,26,29). The number of alkyl halides is 3.